The number of rotatable bonds is 10. The molecular formula is C28H31Cl2N3O4S. The fourth-order valence-electron chi connectivity index (χ4n) is 4.18. The summed E-state index contributed by atoms with van der Waals surface area (Å²) in [5.74, 6) is -0.954. The first-order chi connectivity index (χ1) is 18.0. The Morgan fingerprint density at radius 2 is 1.53 bits per heavy atom. The molecule has 1 unspecified atom stereocenters. The molecule has 0 saturated heterocycles. The van der Waals surface area contributed by atoms with Crippen LogP contribution in [0, 0.1) is 13.8 Å². The molecule has 0 radical (unpaired) electrons. The zero-order valence-electron chi connectivity index (χ0n) is 21.7. The molecule has 7 nitrogen and oxygen atoms in total. The van der Waals surface area contributed by atoms with Crippen molar-refractivity contribution in [2.24, 2.45) is 0 Å². The molecule has 0 bridgehead atoms. The smallest absolute Gasteiger partial charge is 0.264 e. The SMILES string of the molecule is CCC(C(=O)NC)N(Cc1c(Cl)cccc1Cl)C(=O)CN(c1cccc(C)c1C)S(=O)(=O)c1ccccc1. The lowest BCUT2D eigenvalue weighted by Crippen LogP contribution is -2.52. The van der Waals surface area contributed by atoms with Gasteiger partial charge in [0.15, 0.2) is 0 Å². The molecule has 1 atom stereocenters. The van der Waals surface area contributed by atoms with Crippen molar-refractivity contribution in [1.82, 2.24) is 10.2 Å². The van der Waals surface area contributed by atoms with E-state index in [4.69, 9.17) is 23.2 Å². The largest absolute Gasteiger partial charge is 0.357 e. The number of nitrogens with zero attached hydrogens (tertiary/aromatic N) is 2. The molecule has 0 spiro atoms. The van der Waals surface area contributed by atoms with E-state index in [1.165, 1.54) is 24.1 Å². The van der Waals surface area contributed by atoms with E-state index in [0.717, 1.165) is 15.4 Å². The highest BCUT2D eigenvalue weighted by molar-refractivity contribution is 7.92. The Morgan fingerprint density at radius 3 is 2.11 bits per heavy atom. The van der Waals surface area contributed by atoms with Crippen LogP contribution in [-0.4, -0.2) is 44.8 Å². The molecule has 0 aliphatic heterocycles. The fraction of sp³-hybridized carbons (Fsp3) is 0.286. The van der Waals surface area contributed by atoms with Gasteiger partial charge in [-0.05, 0) is 61.7 Å². The van der Waals surface area contributed by atoms with E-state index >= 15 is 0 Å². The molecular weight excluding hydrogens is 545 g/mol. The van der Waals surface area contributed by atoms with Gasteiger partial charge in [0.05, 0.1) is 10.6 Å². The third-order valence-corrected chi connectivity index (χ3v) is 8.96. The van der Waals surface area contributed by atoms with Crippen LogP contribution < -0.4 is 9.62 Å². The van der Waals surface area contributed by atoms with Gasteiger partial charge in [0.1, 0.15) is 12.6 Å². The summed E-state index contributed by atoms with van der Waals surface area (Å²) in [5, 5.41) is 3.27. The van der Waals surface area contributed by atoms with Crippen LogP contribution in [0.25, 0.3) is 0 Å². The molecule has 38 heavy (non-hydrogen) atoms. The quantitative estimate of drug-likeness (QED) is 0.352. The van der Waals surface area contributed by atoms with Crippen LogP contribution in [0.1, 0.15) is 30.0 Å². The number of carbonyl (C=O) groups excluding carboxylic acids is 2. The third kappa shape index (κ3) is 6.31. The Morgan fingerprint density at radius 1 is 0.921 bits per heavy atom. The highest BCUT2D eigenvalue weighted by Gasteiger charge is 2.34. The molecule has 3 rings (SSSR count). The minimum Gasteiger partial charge on any atom is -0.357 e. The topological polar surface area (TPSA) is 86.8 Å². The number of aryl methyl sites for hydroxylation is 1. The predicted molar refractivity (Wildman–Crippen MR) is 152 cm³/mol. The lowest BCUT2D eigenvalue weighted by Gasteiger charge is -2.33. The highest BCUT2D eigenvalue weighted by atomic mass is 35.5. The second kappa shape index (κ2) is 12.7. The van der Waals surface area contributed by atoms with Gasteiger partial charge in [0, 0.05) is 29.2 Å². The zero-order valence-corrected chi connectivity index (χ0v) is 24.1. The number of benzene rings is 3. The summed E-state index contributed by atoms with van der Waals surface area (Å²) < 4.78 is 28.9. The summed E-state index contributed by atoms with van der Waals surface area (Å²) in [6, 6.07) is 17.3. The van der Waals surface area contributed by atoms with Crippen LogP contribution >= 0.6 is 23.2 Å². The number of anilines is 1. The molecule has 202 valence electrons. The maximum atomic E-state index is 14.0. The van der Waals surface area contributed by atoms with Crippen molar-refractivity contribution in [2.75, 3.05) is 17.9 Å². The Labute approximate surface area is 234 Å². The maximum absolute atomic E-state index is 14.0. The monoisotopic (exact) mass is 575 g/mol. The van der Waals surface area contributed by atoms with Gasteiger partial charge in [-0.2, -0.15) is 0 Å². The summed E-state index contributed by atoms with van der Waals surface area (Å²) in [6.07, 6.45) is 0.294. The molecule has 0 aliphatic rings. The van der Waals surface area contributed by atoms with Crippen molar-refractivity contribution in [1.29, 1.82) is 0 Å². The Hall–Kier alpha value is -3.07. The van der Waals surface area contributed by atoms with Crippen LogP contribution in [0.3, 0.4) is 0 Å². The first-order valence-corrected chi connectivity index (χ1v) is 14.3. The lowest BCUT2D eigenvalue weighted by atomic mass is 10.1. The maximum Gasteiger partial charge on any atom is 0.264 e. The van der Waals surface area contributed by atoms with Crippen molar-refractivity contribution in [3.8, 4) is 0 Å². The first kappa shape index (κ1) is 29.5. The van der Waals surface area contributed by atoms with Crippen molar-refractivity contribution in [2.45, 2.75) is 44.7 Å². The van der Waals surface area contributed by atoms with Gasteiger partial charge in [0.2, 0.25) is 11.8 Å². The second-order valence-corrected chi connectivity index (χ2v) is 11.5. The van der Waals surface area contributed by atoms with Gasteiger partial charge in [-0.25, -0.2) is 8.42 Å². The average molecular weight is 577 g/mol. The van der Waals surface area contributed by atoms with Crippen molar-refractivity contribution in [3.63, 3.8) is 0 Å². The van der Waals surface area contributed by atoms with E-state index in [-0.39, 0.29) is 17.3 Å². The van der Waals surface area contributed by atoms with Gasteiger partial charge >= 0.3 is 0 Å². The van der Waals surface area contributed by atoms with E-state index < -0.39 is 28.5 Å². The molecule has 10 heteroatoms. The first-order valence-electron chi connectivity index (χ1n) is 12.1. The molecule has 2 amide bonds. The third-order valence-electron chi connectivity index (χ3n) is 6.48. The number of amides is 2. The number of hydrogen-bond donors (Lipinski definition) is 1. The van der Waals surface area contributed by atoms with Crippen LogP contribution in [0.4, 0.5) is 5.69 Å². The Bertz CT molecular complexity index is 1390. The van der Waals surface area contributed by atoms with E-state index in [1.54, 1.807) is 55.5 Å². The molecule has 1 N–H and O–H groups in total. The molecule has 0 heterocycles. The van der Waals surface area contributed by atoms with E-state index in [2.05, 4.69) is 5.32 Å². The van der Waals surface area contributed by atoms with Crippen molar-refractivity contribution < 1.29 is 18.0 Å². The number of likely N-dealkylation sites (N-methyl/N-ethyl adjacent to an activating group) is 1. The normalized spacial score (nSPS) is 12.1. The number of sulfonamides is 1. The molecule has 0 saturated carbocycles. The van der Waals surface area contributed by atoms with Crippen LogP contribution in [0.2, 0.25) is 10.0 Å². The number of carbonyl (C=O) groups is 2. The number of nitrogens with one attached hydrogen (secondary N) is 1. The second-order valence-electron chi connectivity index (χ2n) is 8.80. The standard InChI is InChI=1S/C28H31Cl2N3O4S/c1-5-25(28(35)31-4)32(17-22-23(29)14-10-15-24(22)30)27(34)18-33(26-16-9-11-19(2)20(26)3)38(36,37)21-12-7-6-8-13-21/h6-16,25H,5,17-18H2,1-4H3,(H,31,35). The van der Waals surface area contributed by atoms with Crippen LogP contribution in [-0.2, 0) is 26.2 Å². The predicted octanol–water partition coefficient (Wildman–Crippen LogP) is 5.36. The minimum absolute atomic E-state index is 0.0488. The summed E-state index contributed by atoms with van der Waals surface area (Å²) >= 11 is 12.8. The molecule has 0 fully saturated rings. The summed E-state index contributed by atoms with van der Waals surface area (Å²) in [5.41, 5.74) is 2.44. The lowest BCUT2D eigenvalue weighted by molar-refractivity contribution is -0.140. The summed E-state index contributed by atoms with van der Waals surface area (Å²) in [7, 11) is -2.65. The molecule has 3 aromatic rings. The van der Waals surface area contributed by atoms with E-state index in [0.29, 0.717) is 27.7 Å². The minimum atomic E-state index is -4.14. The molecule has 0 aliphatic carbocycles. The Kier molecular flexibility index (Phi) is 9.82. The van der Waals surface area contributed by atoms with Gasteiger partial charge in [-0.1, -0.05) is 66.5 Å². The van der Waals surface area contributed by atoms with Crippen molar-refractivity contribution >= 4 is 50.7 Å². The van der Waals surface area contributed by atoms with Gasteiger partial charge in [0.25, 0.3) is 10.0 Å². The fourth-order valence-corrected chi connectivity index (χ4v) is 6.19. The van der Waals surface area contributed by atoms with Gasteiger partial charge in [-0.15, -0.1) is 0 Å². The Balaban J connectivity index is 2.13. The van der Waals surface area contributed by atoms with Crippen molar-refractivity contribution in [3.05, 3.63) is 93.5 Å². The highest BCUT2D eigenvalue weighted by Crippen LogP contribution is 2.30. The zero-order chi connectivity index (χ0) is 28.0. The summed E-state index contributed by atoms with van der Waals surface area (Å²) in [6.45, 7) is 4.85. The van der Waals surface area contributed by atoms with E-state index in [1.807, 2.05) is 19.9 Å². The molecule has 3 aromatic carbocycles. The number of hydrogen-bond acceptors (Lipinski definition) is 4. The van der Waals surface area contributed by atoms with E-state index in [9.17, 15) is 18.0 Å². The van der Waals surface area contributed by atoms with Crippen LogP contribution in [0.5, 0.6) is 0 Å². The summed E-state index contributed by atoms with van der Waals surface area (Å²) in [4.78, 5) is 28.2. The van der Waals surface area contributed by atoms with Gasteiger partial charge < -0.3 is 10.2 Å². The molecule has 0 aromatic heterocycles. The van der Waals surface area contributed by atoms with Crippen LogP contribution in [0.15, 0.2) is 71.6 Å². The van der Waals surface area contributed by atoms with Gasteiger partial charge in [-0.3, -0.25) is 13.9 Å². The average Bonchev–Trinajstić information content (AvgIpc) is 2.90. The number of halogens is 2.